The molecule has 0 saturated heterocycles. The number of amides is 2. The van der Waals surface area contributed by atoms with E-state index in [1.165, 1.54) is 0 Å². The van der Waals surface area contributed by atoms with E-state index < -0.39 is 6.04 Å². The minimum Gasteiger partial charge on any atom is -0.357 e. The lowest BCUT2D eigenvalue weighted by atomic mass is 10.0. The Labute approximate surface area is 192 Å². The molecule has 6 heteroatoms. The summed E-state index contributed by atoms with van der Waals surface area (Å²) in [5, 5.41) is 3.81. The molecule has 3 aromatic carbocycles. The summed E-state index contributed by atoms with van der Waals surface area (Å²) in [6, 6.07) is 23.5. The van der Waals surface area contributed by atoms with Crippen LogP contribution in [0.1, 0.15) is 16.7 Å². The van der Waals surface area contributed by atoms with Crippen LogP contribution in [0.25, 0.3) is 0 Å². The van der Waals surface area contributed by atoms with Crippen LogP contribution in [-0.2, 0) is 29.0 Å². The number of carbonyl (C=O) groups is 2. The average molecular weight is 455 g/mol. The van der Waals surface area contributed by atoms with Crippen LogP contribution in [0.15, 0.2) is 78.9 Å². The molecule has 2 amide bonds. The van der Waals surface area contributed by atoms with Crippen LogP contribution in [-0.4, -0.2) is 29.8 Å². The van der Waals surface area contributed by atoms with Crippen molar-refractivity contribution in [2.24, 2.45) is 0 Å². The monoisotopic (exact) mass is 454 g/mol. The van der Waals surface area contributed by atoms with E-state index in [4.69, 9.17) is 23.2 Å². The molecule has 0 unspecified atom stereocenters. The molecule has 3 aromatic rings. The molecule has 4 nitrogen and oxygen atoms in total. The van der Waals surface area contributed by atoms with Crippen molar-refractivity contribution in [1.29, 1.82) is 0 Å². The fraction of sp³-hybridized carbons (Fsp3) is 0.200. The van der Waals surface area contributed by atoms with Crippen molar-refractivity contribution in [3.8, 4) is 0 Å². The summed E-state index contributed by atoms with van der Waals surface area (Å²) in [6.07, 6.45) is 0.498. The van der Waals surface area contributed by atoms with E-state index in [0.717, 1.165) is 16.7 Å². The minimum absolute atomic E-state index is 0.0997. The van der Waals surface area contributed by atoms with E-state index in [0.29, 0.717) is 16.5 Å². The molecule has 31 heavy (non-hydrogen) atoms. The lowest BCUT2D eigenvalue weighted by molar-refractivity contribution is -0.140. The molecule has 0 aliphatic rings. The molecule has 0 saturated carbocycles. The smallest absolute Gasteiger partial charge is 0.242 e. The Bertz CT molecular complexity index is 1040. The van der Waals surface area contributed by atoms with E-state index in [9.17, 15) is 9.59 Å². The molecule has 0 aromatic heterocycles. The summed E-state index contributed by atoms with van der Waals surface area (Å²) in [5.41, 5.74) is 2.54. The van der Waals surface area contributed by atoms with Crippen LogP contribution >= 0.6 is 23.2 Å². The Hall–Kier alpha value is -2.82. The number of rotatable bonds is 8. The quantitative estimate of drug-likeness (QED) is 0.524. The van der Waals surface area contributed by atoms with Crippen LogP contribution in [0.4, 0.5) is 0 Å². The molecule has 0 fully saturated rings. The Morgan fingerprint density at radius 1 is 0.903 bits per heavy atom. The Morgan fingerprint density at radius 3 is 2.26 bits per heavy atom. The summed E-state index contributed by atoms with van der Waals surface area (Å²) in [5.74, 6) is -0.406. The first-order chi connectivity index (χ1) is 15.0. The highest BCUT2D eigenvalue weighted by Gasteiger charge is 2.30. The van der Waals surface area contributed by atoms with Gasteiger partial charge in [-0.3, -0.25) is 9.59 Å². The summed E-state index contributed by atoms with van der Waals surface area (Å²) in [6.45, 7) is 0.259. The third-order valence-electron chi connectivity index (χ3n) is 5.06. The van der Waals surface area contributed by atoms with Gasteiger partial charge in [0.15, 0.2) is 0 Å². The minimum atomic E-state index is -0.679. The van der Waals surface area contributed by atoms with Crippen LogP contribution in [0.2, 0.25) is 10.0 Å². The lowest BCUT2D eigenvalue weighted by Gasteiger charge is -2.31. The van der Waals surface area contributed by atoms with Gasteiger partial charge in [-0.2, -0.15) is 0 Å². The van der Waals surface area contributed by atoms with Crippen molar-refractivity contribution in [3.05, 3.63) is 106 Å². The lowest BCUT2D eigenvalue weighted by Crippen LogP contribution is -2.50. The maximum atomic E-state index is 13.5. The fourth-order valence-corrected chi connectivity index (χ4v) is 3.87. The number of halogens is 2. The van der Waals surface area contributed by atoms with Gasteiger partial charge in [0.05, 0.1) is 6.42 Å². The maximum Gasteiger partial charge on any atom is 0.242 e. The highest BCUT2D eigenvalue weighted by atomic mass is 35.5. The largest absolute Gasteiger partial charge is 0.357 e. The summed E-state index contributed by atoms with van der Waals surface area (Å²) in [4.78, 5) is 28.0. The van der Waals surface area contributed by atoms with Crippen molar-refractivity contribution in [2.75, 3.05) is 7.05 Å². The van der Waals surface area contributed by atoms with Gasteiger partial charge in [-0.15, -0.1) is 0 Å². The summed E-state index contributed by atoms with van der Waals surface area (Å²) >= 11 is 12.4. The molecule has 0 spiro atoms. The standard InChI is InChI=1S/C25H24Cl2N2O2/c1-28-25(31)23(15-18-8-3-2-4-9-18)29(17-19-10-7-12-21(26)14-19)24(30)16-20-11-5-6-13-22(20)27/h2-14,23H,15-17H2,1H3,(H,28,31)/t23-/m0/s1. The number of hydrogen-bond donors (Lipinski definition) is 1. The number of carbonyl (C=O) groups excluding carboxylic acids is 2. The molecule has 0 radical (unpaired) electrons. The number of nitrogens with zero attached hydrogens (tertiary/aromatic N) is 1. The molecule has 0 aliphatic carbocycles. The Balaban J connectivity index is 1.95. The molecule has 0 heterocycles. The first-order valence-electron chi connectivity index (χ1n) is 10.0. The van der Waals surface area contributed by atoms with Crippen molar-refractivity contribution in [3.63, 3.8) is 0 Å². The van der Waals surface area contributed by atoms with E-state index in [2.05, 4.69) is 5.32 Å². The van der Waals surface area contributed by atoms with Crippen molar-refractivity contribution >= 4 is 35.0 Å². The second kappa shape index (κ2) is 11.0. The predicted molar refractivity (Wildman–Crippen MR) is 125 cm³/mol. The van der Waals surface area contributed by atoms with Crippen LogP contribution < -0.4 is 5.32 Å². The molecular formula is C25H24Cl2N2O2. The zero-order chi connectivity index (χ0) is 22.2. The number of benzene rings is 3. The second-order valence-electron chi connectivity index (χ2n) is 7.24. The van der Waals surface area contributed by atoms with Gasteiger partial charge in [0, 0.05) is 30.1 Å². The van der Waals surface area contributed by atoms with Gasteiger partial charge < -0.3 is 10.2 Å². The Morgan fingerprint density at radius 2 is 1.58 bits per heavy atom. The highest BCUT2D eigenvalue weighted by molar-refractivity contribution is 6.31. The van der Waals surface area contributed by atoms with Crippen molar-refractivity contribution in [2.45, 2.75) is 25.4 Å². The van der Waals surface area contributed by atoms with Crippen LogP contribution in [0, 0.1) is 0 Å². The molecule has 1 atom stereocenters. The van der Waals surface area contributed by atoms with E-state index in [1.54, 1.807) is 30.1 Å². The van der Waals surface area contributed by atoms with Crippen LogP contribution in [0.3, 0.4) is 0 Å². The molecule has 160 valence electrons. The van der Waals surface area contributed by atoms with E-state index in [-0.39, 0.29) is 24.8 Å². The number of nitrogens with one attached hydrogen (secondary N) is 1. The van der Waals surface area contributed by atoms with Crippen molar-refractivity contribution in [1.82, 2.24) is 10.2 Å². The highest BCUT2D eigenvalue weighted by Crippen LogP contribution is 2.21. The third-order valence-corrected chi connectivity index (χ3v) is 5.66. The van der Waals surface area contributed by atoms with Gasteiger partial charge in [-0.1, -0.05) is 83.9 Å². The summed E-state index contributed by atoms with van der Waals surface area (Å²) in [7, 11) is 1.58. The fourth-order valence-electron chi connectivity index (χ4n) is 3.46. The van der Waals surface area contributed by atoms with E-state index in [1.807, 2.05) is 60.7 Å². The first kappa shape index (κ1) is 22.9. The molecule has 0 bridgehead atoms. The predicted octanol–water partition coefficient (Wildman–Crippen LogP) is 4.92. The normalized spacial score (nSPS) is 11.6. The maximum absolute atomic E-state index is 13.5. The van der Waals surface area contributed by atoms with Gasteiger partial charge in [0.25, 0.3) is 0 Å². The number of hydrogen-bond acceptors (Lipinski definition) is 2. The molecule has 0 aliphatic heterocycles. The second-order valence-corrected chi connectivity index (χ2v) is 8.08. The van der Waals surface area contributed by atoms with Gasteiger partial charge >= 0.3 is 0 Å². The van der Waals surface area contributed by atoms with Gasteiger partial charge in [-0.05, 0) is 34.9 Å². The third kappa shape index (κ3) is 6.33. The zero-order valence-corrected chi connectivity index (χ0v) is 18.7. The topological polar surface area (TPSA) is 49.4 Å². The average Bonchev–Trinajstić information content (AvgIpc) is 2.78. The van der Waals surface area contributed by atoms with Crippen LogP contribution in [0.5, 0.6) is 0 Å². The van der Waals surface area contributed by atoms with Gasteiger partial charge in [-0.25, -0.2) is 0 Å². The first-order valence-corrected chi connectivity index (χ1v) is 10.8. The molecule has 3 rings (SSSR count). The van der Waals surface area contributed by atoms with Crippen molar-refractivity contribution < 1.29 is 9.59 Å². The van der Waals surface area contributed by atoms with Gasteiger partial charge in [0.1, 0.15) is 6.04 Å². The Kier molecular flexibility index (Phi) is 8.10. The molecular weight excluding hydrogens is 431 g/mol. The SMILES string of the molecule is CNC(=O)[C@H](Cc1ccccc1)N(Cc1cccc(Cl)c1)C(=O)Cc1ccccc1Cl. The number of likely N-dealkylation sites (N-methyl/N-ethyl adjacent to an activating group) is 1. The molecule has 1 N–H and O–H groups in total. The summed E-state index contributed by atoms with van der Waals surface area (Å²) < 4.78 is 0. The van der Waals surface area contributed by atoms with Gasteiger partial charge in [0.2, 0.25) is 11.8 Å². The van der Waals surface area contributed by atoms with E-state index >= 15 is 0 Å². The zero-order valence-electron chi connectivity index (χ0n) is 17.2.